The summed E-state index contributed by atoms with van der Waals surface area (Å²) in [5.41, 5.74) is 7.41. The van der Waals surface area contributed by atoms with Crippen LogP contribution in [0.25, 0.3) is 0 Å². The van der Waals surface area contributed by atoms with Crippen molar-refractivity contribution in [3.05, 3.63) is 17.7 Å². The molecule has 0 aliphatic carbocycles. The summed E-state index contributed by atoms with van der Waals surface area (Å²) < 4.78 is 6.14. The molecule has 0 saturated carbocycles. The molecule has 2 N–H and O–H groups in total. The number of hydrogen-bond donors (Lipinski definition) is 1. The third-order valence-corrected chi connectivity index (χ3v) is 5.87. The van der Waals surface area contributed by atoms with E-state index in [-0.39, 0.29) is 5.60 Å². The van der Waals surface area contributed by atoms with Crippen molar-refractivity contribution < 1.29 is 4.74 Å². The lowest BCUT2D eigenvalue weighted by Gasteiger charge is -2.42. The summed E-state index contributed by atoms with van der Waals surface area (Å²) in [7, 11) is 2.16. The first kappa shape index (κ1) is 17.5. The van der Waals surface area contributed by atoms with Crippen LogP contribution in [0.15, 0.2) is 17.7 Å². The average molecular weight is 358 g/mol. The first-order chi connectivity index (χ1) is 12.5. The highest BCUT2D eigenvalue weighted by molar-refractivity contribution is 5.54. The van der Waals surface area contributed by atoms with Crippen LogP contribution in [0.1, 0.15) is 26.2 Å². The van der Waals surface area contributed by atoms with Gasteiger partial charge in [-0.05, 0) is 33.2 Å². The summed E-state index contributed by atoms with van der Waals surface area (Å²) in [4.78, 5) is 16.0. The third kappa shape index (κ3) is 3.64. The Morgan fingerprint density at radius 3 is 2.23 bits per heavy atom. The Morgan fingerprint density at radius 1 is 1.00 bits per heavy atom. The number of hydrogen-bond acceptors (Lipinski definition) is 7. The Morgan fingerprint density at radius 2 is 1.62 bits per heavy atom. The van der Waals surface area contributed by atoms with Gasteiger partial charge in [-0.15, -0.1) is 0 Å². The maximum Gasteiger partial charge on any atom is 0.223 e. The first-order valence-electron chi connectivity index (χ1n) is 9.68. The van der Waals surface area contributed by atoms with E-state index >= 15 is 0 Å². The number of aromatic nitrogens is 2. The number of ether oxygens (including phenoxy) is 1. The third-order valence-electron chi connectivity index (χ3n) is 5.87. The van der Waals surface area contributed by atoms with E-state index in [0.717, 1.165) is 76.8 Å². The predicted molar refractivity (Wildman–Crippen MR) is 105 cm³/mol. The molecule has 0 radical (unpaired) electrons. The number of nitrogen functional groups attached to an aromatic ring is 1. The minimum Gasteiger partial charge on any atom is -0.370 e. The molecule has 3 aliphatic heterocycles. The zero-order valence-electron chi connectivity index (χ0n) is 15.9. The van der Waals surface area contributed by atoms with Gasteiger partial charge >= 0.3 is 0 Å². The Labute approximate surface area is 155 Å². The largest absolute Gasteiger partial charge is 0.370 e. The number of piperazine rings is 1. The Kier molecular flexibility index (Phi) is 4.75. The Balaban J connectivity index is 1.48. The molecule has 4 rings (SSSR count). The number of nitrogens with zero attached hydrogens (tertiary/aromatic N) is 5. The maximum atomic E-state index is 6.14. The Hall–Kier alpha value is -1.86. The van der Waals surface area contributed by atoms with E-state index < -0.39 is 0 Å². The van der Waals surface area contributed by atoms with Crippen molar-refractivity contribution in [1.29, 1.82) is 0 Å². The van der Waals surface area contributed by atoms with Gasteiger partial charge in [0.15, 0.2) is 0 Å². The van der Waals surface area contributed by atoms with Crippen molar-refractivity contribution in [1.82, 2.24) is 14.9 Å². The molecule has 7 nitrogen and oxygen atoms in total. The molecule has 1 aromatic heterocycles. The molecule has 2 fully saturated rings. The van der Waals surface area contributed by atoms with Crippen LogP contribution in [-0.4, -0.2) is 73.4 Å². The summed E-state index contributed by atoms with van der Waals surface area (Å²) in [5.74, 6) is 2.25. The molecule has 0 bridgehead atoms. The molecule has 7 heteroatoms. The molecule has 0 atom stereocenters. The molecule has 0 unspecified atom stereocenters. The lowest BCUT2D eigenvalue weighted by molar-refractivity contribution is -0.0326. The van der Waals surface area contributed by atoms with Gasteiger partial charge in [-0.25, -0.2) is 0 Å². The van der Waals surface area contributed by atoms with E-state index in [9.17, 15) is 0 Å². The van der Waals surface area contributed by atoms with Crippen molar-refractivity contribution in [2.45, 2.75) is 31.8 Å². The van der Waals surface area contributed by atoms with Crippen molar-refractivity contribution in [3.8, 4) is 0 Å². The second kappa shape index (κ2) is 7.04. The molecule has 1 spiro atoms. The molecule has 3 aliphatic rings. The first-order valence-corrected chi connectivity index (χ1v) is 9.68. The van der Waals surface area contributed by atoms with Crippen LogP contribution >= 0.6 is 0 Å². The highest BCUT2D eigenvalue weighted by Gasteiger charge is 2.36. The van der Waals surface area contributed by atoms with Gasteiger partial charge in [0, 0.05) is 45.3 Å². The van der Waals surface area contributed by atoms with Crippen LogP contribution in [0.2, 0.25) is 0 Å². The SMILES string of the molecule is CC1=CC2(CCN(c3cc(N4CCN(C)CC4)nc(N)n3)CC2)OCC1. The van der Waals surface area contributed by atoms with Crippen molar-refractivity contribution in [3.63, 3.8) is 0 Å². The van der Waals surface area contributed by atoms with Gasteiger partial charge in [-0.3, -0.25) is 0 Å². The normalized spacial score (nSPS) is 24.0. The fourth-order valence-corrected chi connectivity index (χ4v) is 4.18. The van der Waals surface area contributed by atoms with Crippen LogP contribution in [0.5, 0.6) is 0 Å². The van der Waals surface area contributed by atoms with E-state index in [1.165, 1.54) is 5.57 Å². The van der Waals surface area contributed by atoms with Gasteiger partial charge in [0.05, 0.1) is 12.2 Å². The fourth-order valence-electron chi connectivity index (χ4n) is 4.18. The fraction of sp³-hybridized carbons (Fsp3) is 0.684. The van der Waals surface area contributed by atoms with Crippen molar-refractivity contribution in [2.24, 2.45) is 0 Å². The van der Waals surface area contributed by atoms with Gasteiger partial charge in [0.1, 0.15) is 11.6 Å². The van der Waals surface area contributed by atoms with E-state index in [1.54, 1.807) is 0 Å². The number of nitrogens with two attached hydrogens (primary N) is 1. The molecule has 0 amide bonds. The standard InChI is InChI=1S/C19H30N6O/c1-15-3-12-26-19(14-15)4-6-24(7-5-19)16-13-17(22-18(20)21-16)25-10-8-23(2)9-11-25/h13-14H,3-12H2,1-2H3,(H2,20,21,22). The quantitative estimate of drug-likeness (QED) is 0.804. The molecule has 1 aromatic rings. The summed E-state index contributed by atoms with van der Waals surface area (Å²) in [6.07, 6.45) is 5.40. The highest BCUT2D eigenvalue weighted by Crippen LogP contribution is 2.34. The van der Waals surface area contributed by atoms with E-state index in [2.05, 4.69) is 50.8 Å². The number of piperidine rings is 1. The van der Waals surface area contributed by atoms with Gasteiger partial charge in [0.25, 0.3) is 0 Å². The van der Waals surface area contributed by atoms with Gasteiger partial charge in [0.2, 0.25) is 5.95 Å². The minimum atomic E-state index is -0.0717. The molecule has 0 aromatic carbocycles. The summed E-state index contributed by atoms with van der Waals surface area (Å²) >= 11 is 0. The van der Waals surface area contributed by atoms with Crippen LogP contribution < -0.4 is 15.5 Å². The molecular formula is C19H30N6O. The minimum absolute atomic E-state index is 0.0717. The lowest BCUT2D eigenvalue weighted by Crippen LogP contribution is -2.47. The average Bonchev–Trinajstić information content (AvgIpc) is 2.62. The predicted octanol–water partition coefficient (Wildman–Crippen LogP) is 1.52. The molecular weight excluding hydrogens is 328 g/mol. The number of anilines is 3. The lowest BCUT2D eigenvalue weighted by atomic mass is 9.87. The Bertz CT molecular complexity index is 675. The van der Waals surface area contributed by atoms with Gasteiger partial charge in [-0.1, -0.05) is 11.6 Å². The number of rotatable bonds is 2. The highest BCUT2D eigenvalue weighted by atomic mass is 16.5. The van der Waals surface area contributed by atoms with Crippen LogP contribution in [0.3, 0.4) is 0 Å². The molecule has 142 valence electrons. The summed E-state index contributed by atoms with van der Waals surface area (Å²) in [6.45, 7) is 8.98. The van der Waals surface area contributed by atoms with E-state index in [1.807, 2.05) is 0 Å². The van der Waals surface area contributed by atoms with Crippen molar-refractivity contribution >= 4 is 17.6 Å². The second-order valence-corrected chi connectivity index (χ2v) is 7.87. The smallest absolute Gasteiger partial charge is 0.223 e. The second-order valence-electron chi connectivity index (χ2n) is 7.87. The molecule has 2 saturated heterocycles. The van der Waals surface area contributed by atoms with E-state index in [4.69, 9.17) is 10.5 Å². The van der Waals surface area contributed by atoms with Crippen LogP contribution in [-0.2, 0) is 4.74 Å². The maximum absolute atomic E-state index is 6.14. The van der Waals surface area contributed by atoms with Crippen LogP contribution in [0.4, 0.5) is 17.6 Å². The zero-order chi connectivity index (χ0) is 18.1. The topological polar surface area (TPSA) is 70.8 Å². The van der Waals surface area contributed by atoms with Gasteiger partial charge < -0.3 is 25.2 Å². The summed E-state index contributed by atoms with van der Waals surface area (Å²) in [5, 5.41) is 0. The zero-order valence-corrected chi connectivity index (χ0v) is 15.9. The molecule has 26 heavy (non-hydrogen) atoms. The monoisotopic (exact) mass is 358 g/mol. The van der Waals surface area contributed by atoms with Gasteiger partial charge in [-0.2, -0.15) is 9.97 Å². The summed E-state index contributed by atoms with van der Waals surface area (Å²) in [6, 6.07) is 2.10. The van der Waals surface area contributed by atoms with Crippen LogP contribution in [0, 0.1) is 0 Å². The van der Waals surface area contributed by atoms with Crippen molar-refractivity contribution in [2.75, 3.05) is 68.5 Å². The van der Waals surface area contributed by atoms with E-state index in [0.29, 0.717) is 5.95 Å². The number of likely N-dealkylation sites (N-methyl/N-ethyl adjacent to an activating group) is 1. The molecule has 4 heterocycles.